The van der Waals surface area contributed by atoms with Gasteiger partial charge in [-0.3, -0.25) is 0 Å². The fourth-order valence-corrected chi connectivity index (χ4v) is 3.06. The molecule has 1 unspecified atom stereocenters. The summed E-state index contributed by atoms with van der Waals surface area (Å²) < 4.78 is 17.2. The van der Waals surface area contributed by atoms with Crippen molar-refractivity contribution in [3.63, 3.8) is 0 Å². The molecule has 0 heterocycles. The standard InChI is InChI=1S/C19H24BrNO3/c1-12-6-7-17(22-3)15(8-12)13(2)21-11-14-9-18(23-4)19(24-5)10-16(14)20/h6-10,13,21H,11H2,1-5H3. The highest BCUT2D eigenvalue weighted by molar-refractivity contribution is 9.10. The van der Waals surface area contributed by atoms with Crippen LogP contribution in [-0.2, 0) is 6.54 Å². The lowest BCUT2D eigenvalue weighted by molar-refractivity contribution is 0.354. The number of nitrogens with one attached hydrogen (secondary N) is 1. The number of hydrogen-bond donors (Lipinski definition) is 1. The van der Waals surface area contributed by atoms with Gasteiger partial charge in [0.15, 0.2) is 11.5 Å². The highest BCUT2D eigenvalue weighted by Crippen LogP contribution is 2.34. The zero-order valence-electron chi connectivity index (χ0n) is 14.8. The minimum absolute atomic E-state index is 0.153. The molecule has 0 aliphatic heterocycles. The second-order valence-corrected chi connectivity index (χ2v) is 6.50. The molecule has 4 nitrogen and oxygen atoms in total. The summed E-state index contributed by atoms with van der Waals surface area (Å²) in [6, 6.07) is 10.3. The van der Waals surface area contributed by atoms with Crippen molar-refractivity contribution in [3.8, 4) is 17.2 Å². The number of methoxy groups -OCH3 is 3. The number of halogens is 1. The predicted octanol–water partition coefficient (Wildman–Crippen LogP) is 4.63. The van der Waals surface area contributed by atoms with E-state index >= 15 is 0 Å². The highest BCUT2D eigenvalue weighted by atomic mass is 79.9. The zero-order valence-corrected chi connectivity index (χ0v) is 16.4. The van der Waals surface area contributed by atoms with Gasteiger partial charge in [-0.2, -0.15) is 0 Å². The summed E-state index contributed by atoms with van der Waals surface area (Å²) in [6.07, 6.45) is 0. The average molecular weight is 394 g/mol. The van der Waals surface area contributed by atoms with Crippen LogP contribution in [0.4, 0.5) is 0 Å². The Morgan fingerprint density at radius 2 is 1.58 bits per heavy atom. The minimum atomic E-state index is 0.153. The lowest BCUT2D eigenvalue weighted by Gasteiger charge is -2.19. The molecule has 5 heteroatoms. The van der Waals surface area contributed by atoms with E-state index in [1.807, 2.05) is 18.2 Å². The molecule has 0 amide bonds. The van der Waals surface area contributed by atoms with E-state index in [2.05, 4.69) is 47.2 Å². The van der Waals surface area contributed by atoms with Crippen LogP contribution < -0.4 is 19.5 Å². The fourth-order valence-electron chi connectivity index (χ4n) is 2.60. The molecule has 0 bridgehead atoms. The maximum Gasteiger partial charge on any atom is 0.161 e. The SMILES string of the molecule is COc1cc(Br)c(CNC(C)c2cc(C)ccc2OC)cc1OC. The van der Waals surface area contributed by atoms with Crippen molar-refractivity contribution in [2.75, 3.05) is 21.3 Å². The van der Waals surface area contributed by atoms with Gasteiger partial charge < -0.3 is 19.5 Å². The van der Waals surface area contributed by atoms with E-state index in [0.717, 1.165) is 27.1 Å². The van der Waals surface area contributed by atoms with Gasteiger partial charge in [0.05, 0.1) is 21.3 Å². The summed E-state index contributed by atoms with van der Waals surface area (Å²) in [5, 5.41) is 3.54. The van der Waals surface area contributed by atoms with Crippen molar-refractivity contribution in [3.05, 3.63) is 51.5 Å². The van der Waals surface area contributed by atoms with Gasteiger partial charge in [-0.25, -0.2) is 0 Å². The van der Waals surface area contributed by atoms with Gasteiger partial charge in [0.1, 0.15) is 5.75 Å². The number of rotatable bonds is 7. The number of ether oxygens (including phenoxy) is 3. The Kier molecular flexibility index (Phi) is 6.52. The van der Waals surface area contributed by atoms with Crippen molar-refractivity contribution in [1.82, 2.24) is 5.32 Å². The summed E-state index contributed by atoms with van der Waals surface area (Å²) in [5.74, 6) is 2.33. The summed E-state index contributed by atoms with van der Waals surface area (Å²) in [6.45, 7) is 4.91. The molecular weight excluding hydrogens is 370 g/mol. The first-order valence-electron chi connectivity index (χ1n) is 7.78. The van der Waals surface area contributed by atoms with Crippen LogP contribution in [0.25, 0.3) is 0 Å². The van der Waals surface area contributed by atoms with E-state index in [0.29, 0.717) is 12.3 Å². The summed E-state index contributed by atoms with van der Waals surface area (Å²) in [5.41, 5.74) is 3.46. The molecule has 0 saturated heterocycles. The smallest absolute Gasteiger partial charge is 0.161 e. The third-order valence-electron chi connectivity index (χ3n) is 4.00. The van der Waals surface area contributed by atoms with Gasteiger partial charge in [-0.05, 0) is 37.6 Å². The molecule has 2 rings (SSSR count). The van der Waals surface area contributed by atoms with E-state index in [4.69, 9.17) is 14.2 Å². The van der Waals surface area contributed by atoms with Gasteiger partial charge in [0, 0.05) is 22.6 Å². The number of hydrogen-bond acceptors (Lipinski definition) is 4. The lowest BCUT2D eigenvalue weighted by Crippen LogP contribution is -2.19. The van der Waals surface area contributed by atoms with Crippen LogP contribution in [0.3, 0.4) is 0 Å². The van der Waals surface area contributed by atoms with Crippen LogP contribution in [0.5, 0.6) is 17.2 Å². The largest absolute Gasteiger partial charge is 0.496 e. The fraction of sp³-hybridized carbons (Fsp3) is 0.368. The van der Waals surface area contributed by atoms with E-state index in [-0.39, 0.29) is 6.04 Å². The molecule has 24 heavy (non-hydrogen) atoms. The van der Waals surface area contributed by atoms with Crippen LogP contribution >= 0.6 is 15.9 Å². The first kappa shape index (κ1) is 18.6. The number of aryl methyl sites for hydroxylation is 1. The van der Waals surface area contributed by atoms with Gasteiger partial charge in [0.25, 0.3) is 0 Å². The van der Waals surface area contributed by atoms with Crippen LogP contribution in [0.15, 0.2) is 34.8 Å². The Hall–Kier alpha value is -1.72. The lowest BCUT2D eigenvalue weighted by atomic mass is 10.0. The Balaban J connectivity index is 2.17. The maximum atomic E-state index is 5.48. The van der Waals surface area contributed by atoms with Crippen LogP contribution in [0, 0.1) is 6.92 Å². The highest BCUT2D eigenvalue weighted by Gasteiger charge is 2.14. The Labute approximate surface area is 152 Å². The molecule has 0 saturated carbocycles. The third kappa shape index (κ3) is 4.22. The van der Waals surface area contributed by atoms with Gasteiger partial charge >= 0.3 is 0 Å². The molecule has 2 aromatic carbocycles. The van der Waals surface area contributed by atoms with Crippen molar-refractivity contribution in [1.29, 1.82) is 0 Å². The van der Waals surface area contributed by atoms with Crippen molar-refractivity contribution < 1.29 is 14.2 Å². The van der Waals surface area contributed by atoms with Crippen molar-refractivity contribution >= 4 is 15.9 Å². The molecule has 1 atom stereocenters. The van der Waals surface area contributed by atoms with Crippen LogP contribution in [-0.4, -0.2) is 21.3 Å². The molecule has 0 spiro atoms. The minimum Gasteiger partial charge on any atom is -0.496 e. The first-order valence-corrected chi connectivity index (χ1v) is 8.57. The maximum absolute atomic E-state index is 5.48. The molecular formula is C19H24BrNO3. The van der Waals surface area contributed by atoms with Gasteiger partial charge in [0.2, 0.25) is 0 Å². The molecule has 130 valence electrons. The molecule has 0 radical (unpaired) electrons. The third-order valence-corrected chi connectivity index (χ3v) is 4.74. The van der Waals surface area contributed by atoms with E-state index in [1.165, 1.54) is 5.56 Å². The molecule has 0 aliphatic carbocycles. The second kappa shape index (κ2) is 8.40. The monoisotopic (exact) mass is 393 g/mol. The average Bonchev–Trinajstić information content (AvgIpc) is 2.59. The summed E-state index contributed by atoms with van der Waals surface area (Å²) in [4.78, 5) is 0. The van der Waals surface area contributed by atoms with Gasteiger partial charge in [-0.15, -0.1) is 0 Å². The Bertz CT molecular complexity index is 703. The van der Waals surface area contributed by atoms with E-state index < -0.39 is 0 Å². The van der Waals surface area contributed by atoms with Gasteiger partial charge in [-0.1, -0.05) is 33.6 Å². The summed E-state index contributed by atoms with van der Waals surface area (Å²) >= 11 is 3.60. The number of benzene rings is 2. The zero-order chi connectivity index (χ0) is 17.7. The van der Waals surface area contributed by atoms with Crippen LogP contribution in [0.1, 0.15) is 29.7 Å². The normalized spacial score (nSPS) is 11.9. The molecule has 2 aromatic rings. The van der Waals surface area contributed by atoms with Crippen molar-refractivity contribution in [2.24, 2.45) is 0 Å². The van der Waals surface area contributed by atoms with Crippen molar-refractivity contribution in [2.45, 2.75) is 26.4 Å². The molecule has 0 aliphatic rings. The Morgan fingerprint density at radius 1 is 0.958 bits per heavy atom. The topological polar surface area (TPSA) is 39.7 Å². The second-order valence-electron chi connectivity index (χ2n) is 5.65. The van der Waals surface area contributed by atoms with E-state index in [9.17, 15) is 0 Å². The molecule has 0 aromatic heterocycles. The Morgan fingerprint density at radius 3 is 2.21 bits per heavy atom. The first-order chi connectivity index (χ1) is 11.5. The van der Waals surface area contributed by atoms with E-state index in [1.54, 1.807) is 21.3 Å². The predicted molar refractivity (Wildman–Crippen MR) is 100 cm³/mol. The molecule has 1 N–H and O–H groups in total. The quantitative estimate of drug-likeness (QED) is 0.743. The molecule has 0 fully saturated rings. The summed E-state index contributed by atoms with van der Waals surface area (Å²) in [7, 11) is 4.98. The van der Waals surface area contributed by atoms with Crippen LogP contribution in [0.2, 0.25) is 0 Å².